The molecule has 0 aliphatic rings. The minimum atomic E-state index is -3.66. The first kappa shape index (κ1) is 18.5. The molecule has 8 heteroatoms. The van der Waals surface area contributed by atoms with Crippen LogP contribution in [0.2, 0.25) is 0 Å². The van der Waals surface area contributed by atoms with Gasteiger partial charge < -0.3 is 10.5 Å². The molecule has 0 saturated heterocycles. The Morgan fingerprint density at radius 3 is 2.54 bits per heavy atom. The summed E-state index contributed by atoms with van der Waals surface area (Å²) in [6.07, 6.45) is 2.58. The van der Waals surface area contributed by atoms with Gasteiger partial charge in [-0.05, 0) is 29.3 Å². The summed E-state index contributed by atoms with van der Waals surface area (Å²) in [5.41, 5.74) is 7.03. The molecule has 24 heavy (non-hydrogen) atoms. The molecule has 0 bridgehead atoms. The Kier molecular flexibility index (Phi) is 6.38. The smallest absolute Gasteiger partial charge is 0.240 e. The molecule has 1 aromatic carbocycles. The van der Waals surface area contributed by atoms with Crippen molar-refractivity contribution in [1.29, 1.82) is 0 Å². The molecule has 0 unspecified atom stereocenters. The van der Waals surface area contributed by atoms with Crippen molar-refractivity contribution in [3.05, 3.63) is 59.9 Å². The molecule has 0 fully saturated rings. The number of alkyl halides is 1. The minimum absolute atomic E-state index is 0.110. The lowest BCUT2D eigenvalue weighted by Crippen LogP contribution is -2.31. The van der Waals surface area contributed by atoms with Crippen LogP contribution < -0.4 is 10.5 Å². The number of nitrogens with zero attached hydrogens (tertiary/aromatic N) is 1. The molecule has 130 valence electrons. The van der Waals surface area contributed by atoms with Crippen LogP contribution in [0.3, 0.4) is 0 Å². The summed E-state index contributed by atoms with van der Waals surface area (Å²) in [6, 6.07) is 8.74. The molecule has 0 spiro atoms. The Hall–Kier alpha value is -1.87. The maximum atomic E-state index is 12.7. The Morgan fingerprint density at radius 2 is 2.00 bits per heavy atom. The second-order valence-electron chi connectivity index (χ2n) is 5.23. The minimum Gasteiger partial charge on any atom is -0.375 e. The summed E-state index contributed by atoms with van der Waals surface area (Å²) in [7, 11) is -2.23. The van der Waals surface area contributed by atoms with E-state index in [1.165, 1.54) is 19.2 Å². The fourth-order valence-electron chi connectivity index (χ4n) is 2.24. The molecule has 1 aromatic heterocycles. The number of aromatic nitrogens is 1. The quantitative estimate of drug-likeness (QED) is 0.751. The first-order valence-electron chi connectivity index (χ1n) is 7.31. The fourth-order valence-corrected chi connectivity index (χ4v) is 3.26. The van der Waals surface area contributed by atoms with Gasteiger partial charge in [0.15, 0.2) is 0 Å². The van der Waals surface area contributed by atoms with Gasteiger partial charge in [0.05, 0.1) is 17.0 Å². The summed E-state index contributed by atoms with van der Waals surface area (Å²) >= 11 is 0. The lowest BCUT2D eigenvalue weighted by atomic mass is 10.0. The zero-order valence-electron chi connectivity index (χ0n) is 13.2. The van der Waals surface area contributed by atoms with Crippen molar-refractivity contribution < 1.29 is 17.5 Å². The van der Waals surface area contributed by atoms with Gasteiger partial charge in [0.2, 0.25) is 10.0 Å². The van der Waals surface area contributed by atoms with Gasteiger partial charge in [0.1, 0.15) is 6.67 Å². The van der Waals surface area contributed by atoms with Gasteiger partial charge >= 0.3 is 0 Å². The highest BCUT2D eigenvalue weighted by Crippen LogP contribution is 2.22. The van der Waals surface area contributed by atoms with Crippen LogP contribution in [0.25, 0.3) is 0 Å². The van der Waals surface area contributed by atoms with Gasteiger partial charge in [-0.3, -0.25) is 4.98 Å². The average Bonchev–Trinajstić information content (AvgIpc) is 2.62. The molecule has 0 saturated carbocycles. The van der Waals surface area contributed by atoms with Crippen molar-refractivity contribution in [2.45, 2.75) is 23.6 Å². The predicted octanol–water partition coefficient (Wildman–Crippen LogP) is 1.54. The van der Waals surface area contributed by atoms with Crippen molar-refractivity contribution in [2.24, 2.45) is 5.73 Å². The lowest BCUT2D eigenvalue weighted by Gasteiger charge is -2.20. The molecule has 2 atom stereocenters. The Labute approximate surface area is 140 Å². The van der Waals surface area contributed by atoms with E-state index >= 15 is 0 Å². The topological polar surface area (TPSA) is 94.3 Å². The Balaban J connectivity index is 2.11. The zero-order valence-corrected chi connectivity index (χ0v) is 14.0. The van der Waals surface area contributed by atoms with Crippen molar-refractivity contribution in [3.63, 3.8) is 0 Å². The van der Waals surface area contributed by atoms with Crippen LogP contribution in [0.15, 0.2) is 53.7 Å². The predicted molar refractivity (Wildman–Crippen MR) is 88.4 cm³/mol. The third-order valence-electron chi connectivity index (χ3n) is 3.53. The molecular weight excluding hydrogens is 333 g/mol. The van der Waals surface area contributed by atoms with Crippen LogP contribution in [-0.4, -0.2) is 33.2 Å². The number of benzene rings is 1. The van der Waals surface area contributed by atoms with Gasteiger partial charge in [-0.15, -0.1) is 0 Å². The van der Waals surface area contributed by atoms with Crippen LogP contribution in [-0.2, 0) is 21.3 Å². The monoisotopic (exact) mass is 353 g/mol. The first-order chi connectivity index (χ1) is 11.5. The molecule has 2 aromatic rings. The van der Waals surface area contributed by atoms with Crippen LogP contribution in [0.1, 0.15) is 17.2 Å². The fraction of sp³-hybridized carbons (Fsp3) is 0.312. The van der Waals surface area contributed by atoms with Crippen LogP contribution in [0.4, 0.5) is 4.39 Å². The summed E-state index contributed by atoms with van der Waals surface area (Å²) in [6.45, 7) is -0.587. The number of hydrogen-bond donors (Lipinski definition) is 2. The highest BCUT2D eigenvalue weighted by molar-refractivity contribution is 7.89. The molecule has 0 radical (unpaired) electrons. The van der Waals surface area contributed by atoms with Gasteiger partial charge in [0.25, 0.3) is 0 Å². The zero-order chi connectivity index (χ0) is 17.6. The van der Waals surface area contributed by atoms with Crippen molar-refractivity contribution in [3.8, 4) is 0 Å². The number of methoxy groups -OCH3 is 1. The van der Waals surface area contributed by atoms with E-state index in [0.29, 0.717) is 5.56 Å². The van der Waals surface area contributed by atoms with E-state index in [4.69, 9.17) is 10.5 Å². The molecule has 1 heterocycles. The Morgan fingerprint density at radius 1 is 1.29 bits per heavy atom. The molecular formula is C16H20FN3O3S. The SMILES string of the molecule is CO[C@H](c1ccc(S(=O)(=O)NCc2cccnc2)cc1)[C@H](N)CF. The number of nitrogens with two attached hydrogens (primary N) is 1. The maximum absolute atomic E-state index is 12.7. The number of pyridine rings is 1. The average molecular weight is 353 g/mol. The van der Waals surface area contributed by atoms with Crippen molar-refractivity contribution >= 4 is 10.0 Å². The normalized spacial score (nSPS) is 14.3. The Bertz CT molecular complexity index is 739. The van der Waals surface area contributed by atoms with Gasteiger partial charge in [-0.2, -0.15) is 0 Å². The number of hydrogen-bond acceptors (Lipinski definition) is 5. The van der Waals surface area contributed by atoms with E-state index in [1.54, 1.807) is 36.7 Å². The highest BCUT2D eigenvalue weighted by Gasteiger charge is 2.20. The second-order valence-corrected chi connectivity index (χ2v) is 7.00. The molecule has 2 rings (SSSR count). The van der Waals surface area contributed by atoms with E-state index in [2.05, 4.69) is 9.71 Å². The van der Waals surface area contributed by atoms with Crippen LogP contribution in [0, 0.1) is 0 Å². The van der Waals surface area contributed by atoms with E-state index in [-0.39, 0.29) is 11.4 Å². The molecule has 6 nitrogen and oxygen atoms in total. The summed E-state index contributed by atoms with van der Waals surface area (Å²) in [5.74, 6) is 0. The van der Waals surface area contributed by atoms with Crippen LogP contribution in [0.5, 0.6) is 0 Å². The lowest BCUT2D eigenvalue weighted by molar-refractivity contribution is 0.0720. The van der Waals surface area contributed by atoms with Crippen molar-refractivity contribution in [1.82, 2.24) is 9.71 Å². The molecule has 0 amide bonds. The first-order valence-corrected chi connectivity index (χ1v) is 8.79. The van der Waals surface area contributed by atoms with E-state index in [0.717, 1.165) is 5.56 Å². The number of sulfonamides is 1. The van der Waals surface area contributed by atoms with Gasteiger partial charge in [-0.1, -0.05) is 18.2 Å². The van der Waals surface area contributed by atoms with E-state index in [1.807, 2.05) is 0 Å². The van der Waals surface area contributed by atoms with Crippen molar-refractivity contribution in [2.75, 3.05) is 13.8 Å². The summed E-state index contributed by atoms with van der Waals surface area (Å²) < 4.78 is 45.0. The third-order valence-corrected chi connectivity index (χ3v) is 4.95. The number of rotatable bonds is 8. The van der Waals surface area contributed by atoms with E-state index < -0.39 is 28.8 Å². The van der Waals surface area contributed by atoms with Gasteiger partial charge in [-0.25, -0.2) is 17.5 Å². The molecule has 0 aliphatic heterocycles. The maximum Gasteiger partial charge on any atom is 0.240 e. The summed E-state index contributed by atoms with van der Waals surface area (Å²) in [4.78, 5) is 4.04. The number of nitrogens with one attached hydrogen (secondary N) is 1. The highest BCUT2D eigenvalue weighted by atomic mass is 32.2. The number of ether oxygens (including phenoxy) is 1. The molecule has 0 aliphatic carbocycles. The summed E-state index contributed by atoms with van der Waals surface area (Å²) in [5, 5.41) is 0. The molecule has 3 N–H and O–H groups in total. The van der Waals surface area contributed by atoms with Gasteiger partial charge in [0, 0.05) is 26.0 Å². The number of halogens is 1. The largest absolute Gasteiger partial charge is 0.375 e. The van der Waals surface area contributed by atoms with E-state index in [9.17, 15) is 12.8 Å². The second kappa shape index (κ2) is 8.29. The van der Waals surface area contributed by atoms with Crippen LogP contribution >= 0.6 is 0 Å². The third kappa shape index (κ3) is 4.57. The standard InChI is InChI=1S/C16H20FN3O3S/c1-23-16(15(18)9-17)13-4-6-14(7-5-13)24(21,22)20-11-12-3-2-8-19-10-12/h2-8,10,15-16,20H,9,11,18H2,1H3/t15-,16-/m1/s1.